The van der Waals surface area contributed by atoms with Gasteiger partial charge < -0.3 is 50.0 Å². The van der Waals surface area contributed by atoms with Gasteiger partial charge in [-0.2, -0.15) is 0 Å². The van der Waals surface area contributed by atoms with Crippen molar-refractivity contribution in [2.75, 3.05) is 13.2 Å². The highest BCUT2D eigenvalue weighted by Crippen LogP contribution is 2.30. The average Bonchev–Trinajstić information content (AvgIpc) is 2.60. The van der Waals surface area contributed by atoms with E-state index >= 15 is 0 Å². The molecular formula is C15H26O10. The van der Waals surface area contributed by atoms with Crippen molar-refractivity contribution in [1.82, 2.24) is 0 Å². The zero-order valence-corrected chi connectivity index (χ0v) is 13.5. The summed E-state index contributed by atoms with van der Waals surface area (Å²) in [5, 5.41) is 68.7. The highest BCUT2D eigenvalue weighted by Gasteiger charge is 2.50. The van der Waals surface area contributed by atoms with Crippen molar-refractivity contribution >= 4 is 0 Å². The second-order valence-corrected chi connectivity index (χ2v) is 6.20. The molecule has 0 aliphatic carbocycles. The lowest BCUT2D eigenvalue weighted by Gasteiger charge is -2.46. The summed E-state index contributed by atoms with van der Waals surface area (Å²) in [6, 6.07) is 0. The summed E-state index contributed by atoms with van der Waals surface area (Å²) in [4.78, 5) is 0. The van der Waals surface area contributed by atoms with Gasteiger partial charge in [0.25, 0.3) is 0 Å². The van der Waals surface area contributed by atoms with Gasteiger partial charge in [-0.15, -0.1) is 6.58 Å². The average molecular weight is 366 g/mol. The van der Waals surface area contributed by atoms with Gasteiger partial charge >= 0.3 is 0 Å². The molecule has 0 saturated carbocycles. The van der Waals surface area contributed by atoms with Crippen molar-refractivity contribution in [2.45, 2.75) is 67.6 Å². The summed E-state index contributed by atoms with van der Waals surface area (Å²) >= 11 is 0. The molecule has 2 rings (SSSR count). The second-order valence-electron chi connectivity index (χ2n) is 6.20. The molecule has 7 N–H and O–H groups in total. The number of ether oxygens (including phenoxy) is 3. The van der Waals surface area contributed by atoms with E-state index in [2.05, 4.69) is 6.58 Å². The van der Waals surface area contributed by atoms with Crippen molar-refractivity contribution in [2.24, 2.45) is 0 Å². The van der Waals surface area contributed by atoms with E-state index in [0.717, 1.165) is 0 Å². The molecule has 2 aliphatic rings. The number of hydrogen-bond donors (Lipinski definition) is 7. The molecule has 146 valence electrons. The zero-order chi connectivity index (χ0) is 18.7. The topological polar surface area (TPSA) is 169 Å². The van der Waals surface area contributed by atoms with E-state index in [1.54, 1.807) is 0 Å². The fourth-order valence-corrected chi connectivity index (χ4v) is 3.02. The maximum Gasteiger partial charge on any atom is 0.187 e. The zero-order valence-electron chi connectivity index (χ0n) is 13.5. The van der Waals surface area contributed by atoms with Crippen LogP contribution >= 0.6 is 0 Å². The van der Waals surface area contributed by atoms with Gasteiger partial charge in [-0.25, -0.2) is 0 Å². The molecule has 0 spiro atoms. The largest absolute Gasteiger partial charge is 0.394 e. The van der Waals surface area contributed by atoms with E-state index in [0.29, 0.717) is 0 Å². The summed E-state index contributed by atoms with van der Waals surface area (Å²) in [5.41, 5.74) is 0. The fourth-order valence-electron chi connectivity index (χ4n) is 3.02. The number of aliphatic hydroxyl groups excluding tert-OH is 7. The fraction of sp³-hybridized carbons (Fsp3) is 0.867. The van der Waals surface area contributed by atoms with Crippen molar-refractivity contribution in [3.05, 3.63) is 12.7 Å². The molecule has 2 heterocycles. The van der Waals surface area contributed by atoms with Crippen molar-refractivity contribution < 1.29 is 50.0 Å². The molecule has 0 radical (unpaired) electrons. The lowest BCUT2D eigenvalue weighted by Crippen LogP contribution is -2.64. The van der Waals surface area contributed by atoms with Crippen molar-refractivity contribution in [3.63, 3.8) is 0 Å². The summed E-state index contributed by atoms with van der Waals surface area (Å²) < 4.78 is 16.1. The molecule has 0 unspecified atom stereocenters. The Morgan fingerprint density at radius 1 is 0.760 bits per heavy atom. The third kappa shape index (κ3) is 4.19. The van der Waals surface area contributed by atoms with Gasteiger partial charge in [0.2, 0.25) is 0 Å². The van der Waals surface area contributed by atoms with Gasteiger partial charge in [-0.1, -0.05) is 6.08 Å². The molecule has 10 nitrogen and oxygen atoms in total. The van der Waals surface area contributed by atoms with E-state index in [-0.39, 0.29) is 6.42 Å². The first kappa shape index (κ1) is 20.6. The predicted octanol–water partition coefficient (Wildman–Crippen LogP) is -3.77. The van der Waals surface area contributed by atoms with Crippen LogP contribution in [0.2, 0.25) is 0 Å². The van der Waals surface area contributed by atoms with Crippen LogP contribution in [0.4, 0.5) is 0 Å². The van der Waals surface area contributed by atoms with E-state index in [4.69, 9.17) is 14.2 Å². The summed E-state index contributed by atoms with van der Waals surface area (Å²) in [5.74, 6) is 0. The molecule has 0 aromatic heterocycles. The molecule has 10 atom stereocenters. The van der Waals surface area contributed by atoms with Crippen LogP contribution < -0.4 is 0 Å². The van der Waals surface area contributed by atoms with Crippen LogP contribution in [-0.4, -0.2) is 110 Å². The minimum Gasteiger partial charge on any atom is -0.394 e. The van der Waals surface area contributed by atoms with Crippen LogP contribution in [-0.2, 0) is 14.2 Å². The molecule has 2 saturated heterocycles. The van der Waals surface area contributed by atoms with E-state index in [1.807, 2.05) is 0 Å². The van der Waals surface area contributed by atoms with Gasteiger partial charge in [0, 0.05) is 0 Å². The maximum atomic E-state index is 10.4. The smallest absolute Gasteiger partial charge is 0.187 e. The summed E-state index contributed by atoms with van der Waals surface area (Å²) in [6.45, 7) is 2.37. The number of rotatable bonds is 6. The van der Waals surface area contributed by atoms with Crippen LogP contribution in [0.3, 0.4) is 0 Å². The monoisotopic (exact) mass is 366 g/mol. The molecule has 0 aromatic carbocycles. The first-order valence-corrected chi connectivity index (χ1v) is 8.05. The van der Waals surface area contributed by atoms with Crippen LogP contribution in [0, 0.1) is 0 Å². The van der Waals surface area contributed by atoms with E-state index in [1.165, 1.54) is 6.08 Å². The predicted molar refractivity (Wildman–Crippen MR) is 81.2 cm³/mol. The van der Waals surface area contributed by atoms with Crippen molar-refractivity contribution in [1.29, 1.82) is 0 Å². The summed E-state index contributed by atoms with van der Waals surface area (Å²) in [7, 11) is 0. The Morgan fingerprint density at radius 2 is 1.32 bits per heavy atom. The number of hydrogen-bond acceptors (Lipinski definition) is 10. The quantitative estimate of drug-likeness (QED) is 0.232. The minimum atomic E-state index is -1.68. The third-order valence-corrected chi connectivity index (χ3v) is 4.50. The molecule has 0 bridgehead atoms. The Morgan fingerprint density at radius 3 is 1.88 bits per heavy atom. The standard InChI is InChI=1S/C15H26O10/c1-2-3-6-10(19)14(11(20)8(5-17)23-6)25-15-13(22)12(21)9(18)7(4-16)24-15/h2,6-22H,1,3-5H2/t6-,7-,8-,9-,10-,11-,12+,13+,14-,15-/m1/s1. The molecule has 2 aliphatic heterocycles. The SMILES string of the molecule is C=CC[C@H]1O[C@H](CO)[C@@H](O)[C@H](O[C@H]2O[C@H](CO)[C@@H](O)[C@H](O)[C@@H]2O)[C@@H]1O. The number of aliphatic hydroxyl groups is 7. The first-order chi connectivity index (χ1) is 11.8. The molecule has 0 aromatic rings. The second kappa shape index (κ2) is 8.82. The molecule has 2 fully saturated rings. The lowest BCUT2D eigenvalue weighted by molar-refractivity contribution is -0.341. The van der Waals surface area contributed by atoms with Gasteiger partial charge in [0.15, 0.2) is 6.29 Å². The Bertz CT molecular complexity index is 433. The molecular weight excluding hydrogens is 340 g/mol. The van der Waals surface area contributed by atoms with Crippen molar-refractivity contribution in [3.8, 4) is 0 Å². The minimum absolute atomic E-state index is 0.221. The van der Waals surface area contributed by atoms with Crippen LogP contribution in [0.5, 0.6) is 0 Å². The van der Waals surface area contributed by atoms with Crippen LogP contribution in [0.1, 0.15) is 6.42 Å². The van der Waals surface area contributed by atoms with Gasteiger partial charge in [0.05, 0.1) is 19.3 Å². The molecule has 0 amide bonds. The summed E-state index contributed by atoms with van der Waals surface area (Å²) in [6.07, 6.45) is -11.8. The third-order valence-electron chi connectivity index (χ3n) is 4.50. The van der Waals surface area contributed by atoms with E-state index < -0.39 is 74.4 Å². The highest BCUT2D eigenvalue weighted by molar-refractivity contribution is 4.97. The van der Waals surface area contributed by atoms with Crippen LogP contribution in [0.15, 0.2) is 12.7 Å². The lowest BCUT2D eigenvalue weighted by atomic mass is 9.93. The highest BCUT2D eigenvalue weighted by atomic mass is 16.7. The Kier molecular flexibility index (Phi) is 7.29. The van der Waals surface area contributed by atoms with Crippen LogP contribution in [0.25, 0.3) is 0 Å². The maximum absolute atomic E-state index is 10.4. The van der Waals surface area contributed by atoms with Gasteiger partial charge in [0.1, 0.15) is 48.8 Å². The van der Waals surface area contributed by atoms with Gasteiger partial charge in [-0.3, -0.25) is 0 Å². The van der Waals surface area contributed by atoms with E-state index in [9.17, 15) is 35.7 Å². The Labute approximate surface area is 144 Å². The molecule has 10 heteroatoms. The Hall–Kier alpha value is -0.660. The van der Waals surface area contributed by atoms with Gasteiger partial charge in [-0.05, 0) is 6.42 Å². The normalized spacial score (nSPS) is 48.3. The first-order valence-electron chi connectivity index (χ1n) is 8.05. The Balaban J connectivity index is 2.15. The molecule has 25 heavy (non-hydrogen) atoms.